The normalized spacial score (nSPS) is 11.1. The second-order valence-corrected chi connectivity index (χ2v) is 8.16. The van der Waals surface area contributed by atoms with Gasteiger partial charge in [-0.25, -0.2) is 18.0 Å². The minimum Gasteiger partial charge on any atom is -0.462 e. The first-order chi connectivity index (χ1) is 13.1. The van der Waals surface area contributed by atoms with Crippen LogP contribution in [0.25, 0.3) is 0 Å². The van der Waals surface area contributed by atoms with E-state index in [4.69, 9.17) is 9.47 Å². The lowest BCUT2D eigenvalue weighted by Crippen LogP contribution is -2.16. The van der Waals surface area contributed by atoms with Crippen molar-refractivity contribution in [2.75, 3.05) is 19.5 Å². The van der Waals surface area contributed by atoms with Gasteiger partial charge in [-0.05, 0) is 50.6 Å². The smallest absolute Gasteiger partial charge is 0.340 e. The molecule has 0 aliphatic heterocycles. The molecule has 0 saturated heterocycles. The third kappa shape index (κ3) is 4.66. The lowest BCUT2D eigenvalue weighted by Gasteiger charge is -2.05. The summed E-state index contributed by atoms with van der Waals surface area (Å²) < 4.78 is 32.9. The number of ether oxygens (including phenoxy) is 2. The number of nitrogens with one attached hydrogen (secondary N) is 1. The molecule has 1 N–H and O–H groups in total. The van der Waals surface area contributed by atoms with E-state index in [0.717, 1.165) is 6.26 Å². The molecule has 0 amide bonds. The fraction of sp³-hybridized carbons (Fsp3) is 0.316. The molecule has 1 heterocycles. The topological polar surface area (TPSA) is 120 Å². The molecule has 1 aromatic heterocycles. The zero-order valence-corrected chi connectivity index (χ0v) is 16.8. The Kier molecular flexibility index (Phi) is 6.40. The number of aromatic nitrogens is 1. The van der Waals surface area contributed by atoms with Gasteiger partial charge in [0.05, 0.1) is 28.3 Å². The third-order valence-corrected chi connectivity index (χ3v) is 5.18. The van der Waals surface area contributed by atoms with E-state index in [2.05, 4.69) is 4.98 Å². The van der Waals surface area contributed by atoms with Gasteiger partial charge in [0.15, 0.2) is 16.4 Å². The number of Topliss-reactive ketones (excluding diaryl/α,β-unsaturated/α-hetero) is 1. The van der Waals surface area contributed by atoms with Crippen molar-refractivity contribution in [2.24, 2.45) is 0 Å². The molecule has 0 atom stereocenters. The molecule has 0 aliphatic carbocycles. The largest absolute Gasteiger partial charge is 0.462 e. The number of ketones is 1. The van der Waals surface area contributed by atoms with Crippen molar-refractivity contribution >= 4 is 27.6 Å². The standard InChI is InChI=1S/C19H21NO7S/c1-5-26-19(23)16-11(2)17(20-12(16)3)15(21)10-27-18(22)13-6-8-14(9-7-13)28(4,24)25/h6-9,20H,5,10H2,1-4H3. The van der Waals surface area contributed by atoms with E-state index >= 15 is 0 Å². The molecular formula is C19H21NO7S. The first-order valence-corrected chi connectivity index (χ1v) is 10.3. The maximum atomic E-state index is 12.4. The highest BCUT2D eigenvalue weighted by Crippen LogP contribution is 2.20. The van der Waals surface area contributed by atoms with Gasteiger partial charge in [0.25, 0.3) is 0 Å². The van der Waals surface area contributed by atoms with Gasteiger partial charge >= 0.3 is 11.9 Å². The van der Waals surface area contributed by atoms with Gasteiger partial charge in [-0.3, -0.25) is 4.79 Å². The Hall–Kier alpha value is -2.94. The highest BCUT2D eigenvalue weighted by atomic mass is 32.2. The number of benzene rings is 1. The summed E-state index contributed by atoms with van der Waals surface area (Å²) in [7, 11) is -3.37. The molecule has 9 heteroatoms. The Balaban J connectivity index is 2.09. The average Bonchev–Trinajstić information content (AvgIpc) is 2.93. The van der Waals surface area contributed by atoms with Crippen LogP contribution in [0.15, 0.2) is 29.2 Å². The van der Waals surface area contributed by atoms with Crippen LogP contribution >= 0.6 is 0 Å². The molecule has 0 radical (unpaired) electrons. The highest BCUT2D eigenvalue weighted by molar-refractivity contribution is 7.90. The minimum absolute atomic E-state index is 0.0732. The van der Waals surface area contributed by atoms with Crippen LogP contribution in [-0.4, -0.2) is 50.6 Å². The second kappa shape index (κ2) is 8.39. The van der Waals surface area contributed by atoms with Crippen LogP contribution in [0.1, 0.15) is 49.4 Å². The molecule has 1 aromatic carbocycles. The van der Waals surface area contributed by atoms with Crippen LogP contribution in [-0.2, 0) is 19.3 Å². The van der Waals surface area contributed by atoms with Crippen LogP contribution in [0, 0.1) is 13.8 Å². The van der Waals surface area contributed by atoms with E-state index in [1.807, 2.05) is 0 Å². The Morgan fingerprint density at radius 2 is 1.61 bits per heavy atom. The summed E-state index contributed by atoms with van der Waals surface area (Å²) in [6.45, 7) is 4.61. The lowest BCUT2D eigenvalue weighted by molar-refractivity contribution is 0.0472. The van der Waals surface area contributed by atoms with E-state index in [1.165, 1.54) is 24.3 Å². The molecule has 150 valence electrons. The molecule has 0 bridgehead atoms. The van der Waals surface area contributed by atoms with E-state index < -0.39 is 34.2 Å². The molecule has 0 saturated carbocycles. The summed E-state index contributed by atoms with van der Waals surface area (Å²) in [5.41, 5.74) is 1.48. The number of aromatic amines is 1. The van der Waals surface area contributed by atoms with Crippen molar-refractivity contribution in [3.05, 3.63) is 52.3 Å². The molecule has 0 fully saturated rings. The molecule has 2 rings (SSSR count). The Morgan fingerprint density at radius 3 is 2.14 bits per heavy atom. The van der Waals surface area contributed by atoms with Crippen molar-refractivity contribution in [1.29, 1.82) is 0 Å². The molecular weight excluding hydrogens is 386 g/mol. The number of aryl methyl sites for hydroxylation is 1. The summed E-state index contributed by atoms with van der Waals surface area (Å²) in [6.07, 6.45) is 1.06. The van der Waals surface area contributed by atoms with E-state index in [9.17, 15) is 22.8 Å². The number of carbonyl (C=O) groups excluding carboxylic acids is 3. The van der Waals surface area contributed by atoms with E-state index in [1.54, 1.807) is 20.8 Å². The number of rotatable bonds is 7. The monoisotopic (exact) mass is 407 g/mol. The molecule has 8 nitrogen and oxygen atoms in total. The van der Waals surface area contributed by atoms with Gasteiger partial charge in [-0.2, -0.15) is 0 Å². The van der Waals surface area contributed by atoms with Gasteiger partial charge in [0.2, 0.25) is 5.78 Å². The Bertz CT molecular complexity index is 1020. The van der Waals surface area contributed by atoms with Crippen molar-refractivity contribution in [2.45, 2.75) is 25.7 Å². The first-order valence-electron chi connectivity index (χ1n) is 8.43. The molecule has 2 aromatic rings. The number of H-pyrrole nitrogens is 1. The summed E-state index contributed by atoms with van der Waals surface area (Å²) in [6, 6.07) is 5.20. The maximum absolute atomic E-state index is 12.4. The molecule has 0 aliphatic rings. The maximum Gasteiger partial charge on any atom is 0.340 e. The van der Waals surface area contributed by atoms with Crippen molar-refractivity contribution in [3.63, 3.8) is 0 Å². The fourth-order valence-electron chi connectivity index (χ4n) is 2.66. The Morgan fingerprint density at radius 1 is 1.00 bits per heavy atom. The van der Waals surface area contributed by atoms with E-state index in [-0.39, 0.29) is 28.3 Å². The van der Waals surface area contributed by atoms with Crippen LogP contribution in [0.4, 0.5) is 0 Å². The zero-order chi connectivity index (χ0) is 21.1. The van der Waals surface area contributed by atoms with Gasteiger partial charge in [-0.1, -0.05) is 0 Å². The molecule has 0 spiro atoms. The van der Waals surface area contributed by atoms with Gasteiger partial charge in [-0.15, -0.1) is 0 Å². The predicted octanol–water partition coefficient (Wildman–Crippen LogP) is 2.25. The van der Waals surface area contributed by atoms with Crippen molar-refractivity contribution < 1.29 is 32.3 Å². The van der Waals surface area contributed by atoms with Crippen molar-refractivity contribution in [1.82, 2.24) is 4.98 Å². The molecule has 28 heavy (non-hydrogen) atoms. The zero-order valence-electron chi connectivity index (χ0n) is 16.0. The average molecular weight is 407 g/mol. The fourth-order valence-corrected chi connectivity index (χ4v) is 3.29. The van der Waals surface area contributed by atoms with Gasteiger partial charge in [0, 0.05) is 11.9 Å². The summed E-state index contributed by atoms with van der Waals surface area (Å²) in [4.78, 5) is 39.4. The first kappa shape index (κ1) is 21.4. The van der Waals surface area contributed by atoms with Crippen molar-refractivity contribution in [3.8, 4) is 0 Å². The minimum atomic E-state index is -3.37. The summed E-state index contributed by atoms with van der Waals surface area (Å²) in [5.74, 6) is -1.80. The number of hydrogen-bond acceptors (Lipinski definition) is 7. The summed E-state index contributed by atoms with van der Waals surface area (Å²) >= 11 is 0. The predicted molar refractivity (Wildman–Crippen MR) is 100 cm³/mol. The van der Waals surface area contributed by atoms with Crippen LogP contribution < -0.4 is 0 Å². The number of carbonyl (C=O) groups is 3. The second-order valence-electron chi connectivity index (χ2n) is 6.14. The van der Waals surface area contributed by atoms with Gasteiger partial charge in [0.1, 0.15) is 0 Å². The number of hydrogen-bond donors (Lipinski definition) is 1. The molecule has 0 unspecified atom stereocenters. The van der Waals surface area contributed by atoms with E-state index in [0.29, 0.717) is 11.3 Å². The van der Waals surface area contributed by atoms with Crippen LogP contribution in [0.3, 0.4) is 0 Å². The highest BCUT2D eigenvalue weighted by Gasteiger charge is 2.23. The number of esters is 2. The lowest BCUT2D eigenvalue weighted by atomic mass is 10.1. The van der Waals surface area contributed by atoms with Crippen LogP contribution in [0.5, 0.6) is 0 Å². The SMILES string of the molecule is CCOC(=O)c1c(C)[nH]c(C(=O)COC(=O)c2ccc(S(C)(=O)=O)cc2)c1C. The van der Waals surface area contributed by atoms with Crippen LogP contribution in [0.2, 0.25) is 0 Å². The number of sulfone groups is 1. The van der Waals surface area contributed by atoms with Gasteiger partial charge < -0.3 is 14.5 Å². The third-order valence-electron chi connectivity index (χ3n) is 4.05. The Labute approximate surface area is 162 Å². The summed E-state index contributed by atoms with van der Waals surface area (Å²) in [5, 5.41) is 0. The quantitative estimate of drug-likeness (QED) is 0.552.